The van der Waals surface area contributed by atoms with Crippen LogP contribution in [0.25, 0.3) is 0 Å². The highest BCUT2D eigenvalue weighted by molar-refractivity contribution is 5.82. The minimum absolute atomic E-state index is 0.00806. The second-order valence-corrected chi connectivity index (χ2v) is 5.96. The number of aliphatic hydroxyl groups is 1. The fraction of sp³-hybridized carbons (Fsp3) is 0.588. The molecule has 0 bridgehead atoms. The van der Waals surface area contributed by atoms with E-state index in [1.165, 1.54) is 0 Å². The number of hydrogen-bond donors (Lipinski definition) is 2. The molecule has 4 heteroatoms. The van der Waals surface area contributed by atoms with Crippen LogP contribution in [0, 0.1) is 5.41 Å². The number of para-hydroxylation sites is 1. The fourth-order valence-corrected chi connectivity index (χ4v) is 2.32. The lowest BCUT2D eigenvalue weighted by molar-refractivity contribution is -0.130. The van der Waals surface area contributed by atoms with Crippen molar-refractivity contribution in [1.29, 1.82) is 0 Å². The van der Waals surface area contributed by atoms with Crippen LogP contribution >= 0.6 is 0 Å². The summed E-state index contributed by atoms with van der Waals surface area (Å²) < 4.78 is 5.35. The topological polar surface area (TPSA) is 58.6 Å². The highest BCUT2D eigenvalue weighted by atomic mass is 16.5. The van der Waals surface area contributed by atoms with Crippen LogP contribution in [0.5, 0.6) is 5.75 Å². The van der Waals surface area contributed by atoms with Crippen molar-refractivity contribution < 1.29 is 14.6 Å². The van der Waals surface area contributed by atoms with Crippen LogP contribution in [0.3, 0.4) is 0 Å². The highest BCUT2D eigenvalue weighted by Crippen LogP contribution is 2.28. The van der Waals surface area contributed by atoms with Gasteiger partial charge in [0.15, 0.2) is 0 Å². The van der Waals surface area contributed by atoms with Gasteiger partial charge >= 0.3 is 0 Å². The molecular formula is C17H27NO3. The third-order valence-electron chi connectivity index (χ3n) is 3.75. The summed E-state index contributed by atoms with van der Waals surface area (Å²) in [7, 11) is 1.64. The molecule has 0 aliphatic rings. The molecule has 1 amide bonds. The predicted molar refractivity (Wildman–Crippen MR) is 84.4 cm³/mol. The first-order chi connectivity index (χ1) is 9.94. The molecule has 0 fully saturated rings. The van der Waals surface area contributed by atoms with E-state index < -0.39 is 5.41 Å². The molecule has 1 atom stereocenters. The van der Waals surface area contributed by atoms with E-state index in [-0.39, 0.29) is 18.6 Å². The molecule has 21 heavy (non-hydrogen) atoms. The second-order valence-electron chi connectivity index (χ2n) is 5.96. The Labute approximate surface area is 127 Å². The Morgan fingerprint density at radius 2 is 2.05 bits per heavy atom. The molecule has 1 unspecified atom stereocenters. The molecule has 0 aliphatic carbocycles. The summed E-state index contributed by atoms with van der Waals surface area (Å²) in [4.78, 5) is 12.5. The quantitative estimate of drug-likeness (QED) is 0.774. The molecule has 0 saturated heterocycles. The summed E-state index contributed by atoms with van der Waals surface area (Å²) in [6.45, 7) is 5.96. The van der Waals surface area contributed by atoms with Crippen molar-refractivity contribution in [3.05, 3.63) is 29.8 Å². The van der Waals surface area contributed by atoms with Gasteiger partial charge in [-0.1, -0.05) is 39.0 Å². The van der Waals surface area contributed by atoms with E-state index in [0.29, 0.717) is 12.8 Å². The standard InChI is InChI=1S/C17H27NO3/c1-5-14(10-11-19)18-16(20)17(2,3)12-13-8-6-7-9-15(13)21-4/h6-9,14,19H,5,10-12H2,1-4H3,(H,18,20). The van der Waals surface area contributed by atoms with Crippen LogP contribution in [0.2, 0.25) is 0 Å². The maximum atomic E-state index is 12.5. The molecule has 0 heterocycles. The smallest absolute Gasteiger partial charge is 0.226 e. The molecular weight excluding hydrogens is 266 g/mol. The molecule has 2 N–H and O–H groups in total. The van der Waals surface area contributed by atoms with E-state index in [9.17, 15) is 4.79 Å². The largest absolute Gasteiger partial charge is 0.496 e. The van der Waals surface area contributed by atoms with Gasteiger partial charge in [0, 0.05) is 18.1 Å². The number of nitrogens with one attached hydrogen (secondary N) is 1. The first kappa shape index (κ1) is 17.5. The zero-order valence-electron chi connectivity index (χ0n) is 13.5. The van der Waals surface area contributed by atoms with Crippen molar-refractivity contribution in [2.75, 3.05) is 13.7 Å². The molecule has 118 valence electrons. The van der Waals surface area contributed by atoms with Gasteiger partial charge < -0.3 is 15.2 Å². The summed E-state index contributed by atoms with van der Waals surface area (Å²) >= 11 is 0. The first-order valence-corrected chi connectivity index (χ1v) is 7.48. The minimum atomic E-state index is -0.530. The van der Waals surface area contributed by atoms with Crippen LogP contribution in [0.4, 0.5) is 0 Å². The number of benzene rings is 1. The van der Waals surface area contributed by atoms with Gasteiger partial charge in [0.2, 0.25) is 5.91 Å². The van der Waals surface area contributed by atoms with Crippen LogP contribution < -0.4 is 10.1 Å². The van der Waals surface area contributed by atoms with Crippen LogP contribution in [0.15, 0.2) is 24.3 Å². The van der Waals surface area contributed by atoms with Crippen molar-refractivity contribution in [2.45, 2.75) is 46.1 Å². The summed E-state index contributed by atoms with van der Waals surface area (Å²) in [5.74, 6) is 0.814. The van der Waals surface area contributed by atoms with Crippen LogP contribution in [-0.2, 0) is 11.2 Å². The lowest BCUT2D eigenvalue weighted by Gasteiger charge is -2.27. The second kappa shape index (κ2) is 8.03. The van der Waals surface area contributed by atoms with E-state index in [1.54, 1.807) is 7.11 Å². The van der Waals surface area contributed by atoms with E-state index in [0.717, 1.165) is 17.7 Å². The number of carbonyl (C=O) groups excluding carboxylic acids is 1. The lowest BCUT2D eigenvalue weighted by Crippen LogP contribution is -2.44. The SMILES string of the molecule is CCC(CCO)NC(=O)C(C)(C)Cc1ccccc1OC. The van der Waals surface area contributed by atoms with Gasteiger partial charge in [0.25, 0.3) is 0 Å². The van der Waals surface area contributed by atoms with Gasteiger partial charge in [-0.2, -0.15) is 0 Å². The Bertz CT molecular complexity index is 457. The summed E-state index contributed by atoms with van der Waals surface area (Å²) in [6.07, 6.45) is 2.02. The van der Waals surface area contributed by atoms with E-state index in [4.69, 9.17) is 9.84 Å². The van der Waals surface area contributed by atoms with Crippen LogP contribution in [-0.4, -0.2) is 30.8 Å². The number of carbonyl (C=O) groups is 1. The molecule has 4 nitrogen and oxygen atoms in total. The Kier molecular flexibility index (Phi) is 6.69. The fourth-order valence-electron chi connectivity index (χ4n) is 2.32. The predicted octanol–water partition coefficient (Wildman–Crippen LogP) is 2.54. The Hall–Kier alpha value is -1.55. The third-order valence-corrected chi connectivity index (χ3v) is 3.75. The normalized spacial score (nSPS) is 12.8. The summed E-state index contributed by atoms with van der Waals surface area (Å²) in [6, 6.07) is 7.79. The number of amides is 1. The Balaban J connectivity index is 2.77. The average molecular weight is 293 g/mol. The van der Waals surface area contributed by atoms with Gasteiger partial charge in [-0.15, -0.1) is 0 Å². The molecule has 0 aromatic heterocycles. The van der Waals surface area contributed by atoms with E-state index in [2.05, 4.69) is 5.32 Å². The number of aliphatic hydroxyl groups excluding tert-OH is 1. The van der Waals surface area contributed by atoms with Crippen molar-refractivity contribution in [1.82, 2.24) is 5.32 Å². The molecule has 0 spiro atoms. The van der Waals surface area contributed by atoms with Crippen LogP contribution in [0.1, 0.15) is 39.2 Å². The van der Waals surface area contributed by atoms with Crippen molar-refractivity contribution >= 4 is 5.91 Å². The average Bonchev–Trinajstić information content (AvgIpc) is 2.46. The molecule has 0 aliphatic heterocycles. The van der Waals surface area contributed by atoms with Gasteiger partial charge in [0.1, 0.15) is 5.75 Å². The number of methoxy groups -OCH3 is 1. The van der Waals surface area contributed by atoms with Crippen molar-refractivity contribution in [3.8, 4) is 5.75 Å². The van der Waals surface area contributed by atoms with Gasteiger partial charge in [-0.3, -0.25) is 4.79 Å². The number of rotatable bonds is 8. The van der Waals surface area contributed by atoms with Crippen molar-refractivity contribution in [2.24, 2.45) is 5.41 Å². The molecule has 0 saturated carbocycles. The minimum Gasteiger partial charge on any atom is -0.496 e. The molecule has 1 aromatic carbocycles. The third kappa shape index (κ3) is 5.05. The van der Waals surface area contributed by atoms with Gasteiger partial charge in [0.05, 0.1) is 7.11 Å². The van der Waals surface area contributed by atoms with Crippen molar-refractivity contribution in [3.63, 3.8) is 0 Å². The maximum absolute atomic E-state index is 12.5. The van der Waals surface area contributed by atoms with Gasteiger partial charge in [-0.25, -0.2) is 0 Å². The zero-order chi connectivity index (χ0) is 15.9. The maximum Gasteiger partial charge on any atom is 0.226 e. The molecule has 1 aromatic rings. The summed E-state index contributed by atoms with van der Waals surface area (Å²) in [5.41, 5.74) is 0.493. The van der Waals surface area contributed by atoms with E-state index >= 15 is 0 Å². The Morgan fingerprint density at radius 1 is 1.38 bits per heavy atom. The molecule has 0 radical (unpaired) electrons. The highest BCUT2D eigenvalue weighted by Gasteiger charge is 2.30. The first-order valence-electron chi connectivity index (χ1n) is 7.48. The lowest BCUT2D eigenvalue weighted by atomic mass is 9.84. The van der Waals surface area contributed by atoms with E-state index in [1.807, 2.05) is 45.0 Å². The summed E-state index contributed by atoms with van der Waals surface area (Å²) in [5, 5.41) is 12.0. The Morgan fingerprint density at radius 3 is 2.62 bits per heavy atom. The molecule has 1 rings (SSSR count). The number of hydrogen-bond acceptors (Lipinski definition) is 3. The zero-order valence-corrected chi connectivity index (χ0v) is 13.5. The van der Waals surface area contributed by atoms with Gasteiger partial charge in [-0.05, 0) is 30.9 Å². The monoisotopic (exact) mass is 293 g/mol. The number of ether oxygens (including phenoxy) is 1.